The zero-order valence-corrected chi connectivity index (χ0v) is 19.5. The monoisotopic (exact) mass is 385 g/mol. The minimum atomic E-state index is 0.559. The Morgan fingerprint density at radius 2 is 1.75 bits per heavy atom. The zero-order chi connectivity index (χ0) is 19.9. The van der Waals surface area contributed by atoms with Crippen molar-refractivity contribution in [1.82, 2.24) is 5.32 Å². The van der Waals surface area contributed by atoms with Crippen LogP contribution in [0.1, 0.15) is 105 Å². The second-order valence-corrected chi connectivity index (χ2v) is 11.8. The molecule has 0 saturated heterocycles. The largest absolute Gasteiger partial charge is 0.391 e. The minimum Gasteiger partial charge on any atom is -0.391 e. The second kappa shape index (κ2) is 7.99. The number of allylic oxidation sites excluding steroid dienone is 2. The molecule has 4 rings (SSSR count). The fourth-order valence-electron chi connectivity index (χ4n) is 9.05. The average Bonchev–Trinajstić information content (AvgIpc) is 3.04. The van der Waals surface area contributed by atoms with E-state index in [0.29, 0.717) is 10.8 Å². The van der Waals surface area contributed by atoms with Gasteiger partial charge in [-0.25, -0.2) is 0 Å². The van der Waals surface area contributed by atoms with Gasteiger partial charge in [0, 0.05) is 18.7 Å². The van der Waals surface area contributed by atoms with Gasteiger partial charge in [-0.15, -0.1) is 0 Å². The Kier molecular flexibility index (Phi) is 5.94. The van der Waals surface area contributed by atoms with E-state index in [1.54, 1.807) is 25.7 Å². The van der Waals surface area contributed by atoms with Crippen LogP contribution in [0.2, 0.25) is 0 Å². The van der Waals surface area contributed by atoms with Crippen molar-refractivity contribution in [2.24, 2.45) is 46.3 Å². The third-order valence-electron chi connectivity index (χ3n) is 10.5. The first-order valence-electron chi connectivity index (χ1n) is 12.8. The number of hydrogen-bond acceptors (Lipinski definition) is 1. The Hall–Kier alpha value is -0.460. The molecule has 0 amide bonds. The predicted molar refractivity (Wildman–Crippen MR) is 121 cm³/mol. The van der Waals surface area contributed by atoms with Crippen molar-refractivity contribution in [2.75, 3.05) is 7.05 Å². The maximum Gasteiger partial charge on any atom is 0.00978 e. The van der Waals surface area contributed by atoms with Crippen LogP contribution in [0.15, 0.2) is 11.8 Å². The van der Waals surface area contributed by atoms with Crippen LogP contribution in [0.3, 0.4) is 0 Å². The van der Waals surface area contributed by atoms with Gasteiger partial charge < -0.3 is 5.32 Å². The van der Waals surface area contributed by atoms with Crippen LogP contribution in [0.5, 0.6) is 0 Å². The summed E-state index contributed by atoms with van der Waals surface area (Å²) in [5.74, 6) is 6.02. The molecule has 160 valence electrons. The molecule has 0 bridgehead atoms. The molecule has 6 unspecified atom stereocenters. The number of nitrogens with one attached hydrogen (secondary N) is 1. The Labute approximate surface area is 175 Å². The molecule has 28 heavy (non-hydrogen) atoms. The lowest BCUT2D eigenvalue weighted by molar-refractivity contribution is -0.0763. The summed E-state index contributed by atoms with van der Waals surface area (Å²) in [6.07, 6.45) is 20.3. The van der Waals surface area contributed by atoms with E-state index < -0.39 is 0 Å². The SMILES string of the molecule is C/C=C(\NC)C1CC[C@H]2C3CCC4CC(C)(CCCC)CCC4[C@H]3CCC12C. The van der Waals surface area contributed by atoms with Crippen LogP contribution in [-0.4, -0.2) is 7.05 Å². The molecule has 4 aliphatic rings. The van der Waals surface area contributed by atoms with Gasteiger partial charge in [-0.05, 0) is 112 Å². The minimum absolute atomic E-state index is 0.559. The standard InChI is InChI=1S/C27H47N/c1-6-8-15-26(3)16-13-20-19(18-26)9-10-22-21(20)14-17-27(4)23(22)11-12-24(27)25(7-2)28-5/h7,19-24,28H,6,8-18H2,1-5H3/b25-7-/t19?,20?,21-,22?,23+,24?,26?,27?/m1/s1. The Morgan fingerprint density at radius 3 is 2.46 bits per heavy atom. The molecular weight excluding hydrogens is 338 g/mol. The molecule has 0 spiro atoms. The molecule has 0 aromatic rings. The summed E-state index contributed by atoms with van der Waals surface area (Å²) in [6, 6.07) is 0. The Bertz CT molecular complexity index is 579. The molecule has 0 radical (unpaired) electrons. The molecule has 0 aromatic heterocycles. The van der Waals surface area contributed by atoms with Gasteiger partial charge in [0.05, 0.1) is 0 Å². The summed E-state index contributed by atoms with van der Waals surface area (Å²) in [5, 5.41) is 3.56. The molecule has 4 fully saturated rings. The number of fused-ring (bicyclic) bond motifs is 5. The van der Waals surface area contributed by atoms with E-state index in [1.165, 1.54) is 57.1 Å². The zero-order valence-electron chi connectivity index (χ0n) is 19.5. The molecule has 0 heterocycles. The summed E-state index contributed by atoms with van der Waals surface area (Å²) >= 11 is 0. The molecular formula is C27H47N. The van der Waals surface area contributed by atoms with Crippen molar-refractivity contribution >= 4 is 0 Å². The lowest BCUT2D eigenvalue weighted by Gasteiger charge is -2.57. The summed E-state index contributed by atoms with van der Waals surface area (Å²) in [5.41, 5.74) is 2.75. The lowest BCUT2D eigenvalue weighted by atomic mass is 9.48. The molecule has 1 nitrogen and oxygen atoms in total. The normalized spacial score (nSPS) is 48.5. The molecule has 1 heteroatoms. The van der Waals surface area contributed by atoms with E-state index in [4.69, 9.17) is 0 Å². The van der Waals surface area contributed by atoms with E-state index >= 15 is 0 Å². The fourth-order valence-corrected chi connectivity index (χ4v) is 9.05. The van der Waals surface area contributed by atoms with Crippen molar-refractivity contribution in [2.45, 2.75) is 105 Å². The van der Waals surface area contributed by atoms with Gasteiger partial charge in [0.2, 0.25) is 0 Å². The van der Waals surface area contributed by atoms with Crippen molar-refractivity contribution in [1.29, 1.82) is 0 Å². The summed E-state index contributed by atoms with van der Waals surface area (Å²) in [4.78, 5) is 0. The van der Waals surface area contributed by atoms with E-state index in [1.807, 2.05) is 0 Å². The van der Waals surface area contributed by atoms with Gasteiger partial charge in [-0.2, -0.15) is 0 Å². The lowest BCUT2D eigenvalue weighted by Crippen LogP contribution is -2.50. The van der Waals surface area contributed by atoms with E-state index in [2.05, 4.69) is 46.1 Å². The van der Waals surface area contributed by atoms with Gasteiger partial charge in [-0.1, -0.05) is 39.7 Å². The van der Waals surface area contributed by atoms with Gasteiger partial charge in [0.15, 0.2) is 0 Å². The van der Waals surface area contributed by atoms with Crippen LogP contribution in [0.4, 0.5) is 0 Å². The van der Waals surface area contributed by atoms with Gasteiger partial charge in [-0.3, -0.25) is 0 Å². The second-order valence-electron chi connectivity index (χ2n) is 11.8. The van der Waals surface area contributed by atoms with Crippen molar-refractivity contribution in [3.63, 3.8) is 0 Å². The summed E-state index contributed by atoms with van der Waals surface area (Å²) in [7, 11) is 2.14. The first-order valence-corrected chi connectivity index (χ1v) is 12.8. The molecule has 4 saturated carbocycles. The van der Waals surface area contributed by atoms with Crippen molar-refractivity contribution in [3.8, 4) is 0 Å². The molecule has 4 aliphatic carbocycles. The van der Waals surface area contributed by atoms with Gasteiger partial charge >= 0.3 is 0 Å². The third kappa shape index (κ3) is 3.37. The topological polar surface area (TPSA) is 12.0 Å². The van der Waals surface area contributed by atoms with Crippen LogP contribution in [0, 0.1) is 46.3 Å². The smallest absolute Gasteiger partial charge is 0.00978 e. The molecule has 0 aromatic carbocycles. The third-order valence-corrected chi connectivity index (χ3v) is 10.5. The highest BCUT2D eigenvalue weighted by atomic mass is 14.9. The molecule has 8 atom stereocenters. The number of hydrogen-bond donors (Lipinski definition) is 1. The molecule has 1 N–H and O–H groups in total. The van der Waals surface area contributed by atoms with Crippen LogP contribution >= 0.6 is 0 Å². The molecule has 0 aliphatic heterocycles. The Morgan fingerprint density at radius 1 is 0.964 bits per heavy atom. The quantitative estimate of drug-likeness (QED) is 0.514. The number of rotatable bonds is 5. The number of unbranched alkanes of at least 4 members (excludes halogenated alkanes) is 1. The Balaban J connectivity index is 1.48. The summed E-state index contributed by atoms with van der Waals surface area (Å²) in [6.45, 7) is 9.89. The highest BCUT2D eigenvalue weighted by Crippen LogP contribution is 2.66. The van der Waals surface area contributed by atoms with E-state index in [-0.39, 0.29) is 0 Å². The van der Waals surface area contributed by atoms with Crippen LogP contribution in [0.25, 0.3) is 0 Å². The van der Waals surface area contributed by atoms with Crippen LogP contribution < -0.4 is 5.32 Å². The van der Waals surface area contributed by atoms with Crippen LogP contribution in [-0.2, 0) is 0 Å². The highest BCUT2D eigenvalue weighted by molar-refractivity contribution is 5.16. The van der Waals surface area contributed by atoms with Gasteiger partial charge in [0.25, 0.3) is 0 Å². The highest BCUT2D eigenvalue weighted by Gasteiger charge is 2.57. The maximum absolute atomic E-state index is 3.56. The average molecular weight is 386 g/mol. The summed E-state index contributed by atoms with van der Waals surface area (Å²) < 4.78 is 0. The predicted octanol–water partition coefficient (Wildman–Crippen LogP) is 7.57. The fraction of sp³-hybridized carbons (Fsp3) is 0.926. The van der Waals surface area contributed by atoms with E-state index in [0.717, 1.165) is 35.5 Å². The first kappa shape index (κ1) is 20.8. The van der Waals surface area contributed by atoms with Crippen molar-refractivity contribution < 1.29 is 0 Å². The first-order chi connectivity index (χ1) is 13.5. The maximum atomic E-state index is 3.56. The van der Waals surface area contributed by atoms with E-state index in [9.17, 15) is 0 Å². The van der Waals surface area contributed by atoms with Crippen molar-refractivity contribution in [3.05, 3.63) is 11.8 Å². The van der Waals surface area contributed by atoms with Gasteiger partial charge in [0.1, 0.15) is 0 Å².